The van der Waals surface area contributed by atoms with Gasteiger partial charge < -0.3 is 0 Å². The Morgan fingerprint density at radius 3 is 2.91 bits per heavy atom. The highest BCUT2D eigenvalue weighted by Crippen LogP contribution is 2.26. The van der Waals surface area contributed by atoms with E-state index in [-0.39, 0.29) is 5.78 Å². The second-order valence-corrected chi connectivity index (χ2v) is 6.94. The predicted octanol–water partition coefficient (Wildman–Crippen LogP) is 5.92. The number of carbonyl (C=O) groups is 1. The zero-order valence-corrected chi connectivity index (χ0v) is 14.8. The molecule has 0 fully saturated rings. The maximum absolute atomic E-state index is 12.2. The van der Waals surface area contributed by atoms with Gasteiger partial charge >= 0.3 is 0 Å². The lowest BCUT2D eigenvalue weighted by Crippen LogP contribution is -1.92. The van der Waals surface area contributed by atoms with Crippen molar-refractivity contribution in [3.05, 3.63) is 67.4 Å². The van der Waals surface area contributed by atoms with Gasteiger partial charge in [0.1, 0.15) is 5.15 Å². The Bertz CT molecular complexity index is 901. The van der Waals surface area contributed by atoms with E-state index < -0.39 is 0 Å². The molecule has 5 heteroatoms. The monoisotopic (exact) mass is 391 g/mol. The zero-order valence-electron chi connectivity index (χ0n) is 11.6. The third-order valence-corrected chi connectivity index (χ3v) is 5.44. The fourth-order valence-electron chi connectivity index (χ4n) is 2.17. The van der Waals surface area contributed by atoms with Crippen LogP contribution >= 0.6 is 38.9 Å². The van der Waals surface area contributed by atoms with Crippen LogP contribution in [0.5, 0.6) is 0 Å². The number of carbonyl (C=O) groups excluding carboxylic acids is 1. The lowest BCUT2D eigenvalue weighted by atomic mass is 10.1. The number of rotatable bonds is 3. The summed E-state index contributed by atoms with van der Waals surface area (Å²) in [6.07, 6.45) is 3.24. The van der Waals surface area contributed by atoms with Crippen molar-refractivity contribution in [1.82, 2.24) is 4.98 Å². The van der Waals surface area contributed by atoms with Crippen molar-refractivity contribution in [2.45, 2.75) is 6.92 Å². The normalized spacial score (nSPS) is 11.4. The lowest BCUT2D eigenvalue weighted by molar-refractivity contribution is 0.105. The van der Waals surface area contributed by atoms with E-state index in [1.54, 1.807) is 6.08 Å². The molecule has 0 aliphatic heterocycles. The maximum Gasteiger partial charge on any atom is 0.196 e. The van der Waals surface area contributed by atoms with Crippen molar-refractivity contribution < 1.29 is 4.79 Å². The molecule has 0 radical (unpaired) electrons. The molecule has 2 heterocycles. The summed E-state index contributed by atoms with van der Waals surface area (Å²) in [7, 11) is 0. The molecule has 0 N–H and O–H groups in total. The number of halogens is 2. The largest absolute Gasteiger partial charge is 0.288 e. The SMILES string of the molecule is Cc1cccc2cc(/C=C/C(=O)c3sccc3Br)c(Cl)nc12. The molecule has 110 valence electrons. The second kappa shape index (κ2) is 6.32. The minimum absolute atomic E-state index is 0.0534. The van der Waals surface area contributed by atoms with Gasteiger partial charge in [0.15, 0.2) is 5.78 Å². The number of fused-ring (bicyclic) bond motifs is 1. The summed E-state index contributed by atoms with van der Waals surface area (Å²) in [5.41, 5.74) is 2.70. The van der Waals surface area contributed by atoms with Crippen LogP contribution in [0.3, 0.4) is 0 Å². The molecule has 3 rings (SSSR count). The lowest BCUT2D eigenvalue weighted by Gasteiger charge is -2.04. The smallest absolute Gasteiger partial charge is 0.196 e. The Morgan fingerprint density at radius 1 is 1.36 bits per heavy atom. The first-order chi connectivity index (χ1) is 10.6. The van der Waals surface area contributed by atoms with E-state index in [0.717, 1.165) is 26.5 Å². The first-order valence-electron chi connectivity index (χ1n) is 6.57. The van der Waals surface area contributed by atoms with Crippen molar-refractivity contribution in [3.63, 3.8) is 0 Å². The average molecular weight is 393 g/mol. The van der Waals surface area contributed by atoms with Gasteiger partial charge in [-0.3, -0.25) is 4.79 Å². The highest BCUT2D eigenvalue weighted by molar-refractivity contribution is 9.10. The van der Waals surface area contributed by atoms with Crippen LogP contribution in [0, 0.1) is 6.92 Å². The summed E-state index contributed by atoms with van der Waals surface area (Å²) < 4.78 is 0.811. The number of para-hydroxylation sites is 1. The summed E-state index contributed by atoms with van der Waals surface area (Å²) in [5, 5.41) is 3.28. The number of hydrogen-bond donors (Lipinski definition) is 0. The third-order valence-electron chi connectivity index (χ3n) is 3.28. The molecule has 22 heavy (non-hydrogen) atoms. The molecule has 2 aromatic heterocycles. The number of nitrogens with zero attached hydrogens (tertiary/aromatic N) is 1. The van der Waals surface area contributed by atoms with E-state index in [1.807, 2.05) is 42.6 Å². The van der Waals surface area contributed by atoms with E-state index in [0.29, 0.717) is 10.0 Å². The number of hydrogen-bond acceptors (Lipinski definition) is 3. The van der Waals surface area contributed by atoms with Crippen LogP contribution in [0.25, 0.3) is 17.0 Å². The number of thiophene rings is 1. The summed E-state index contributed by atoms with van der Waals surface area (Å²) in [5.74, 6) is -0.0534. The predicted molar refractivity (Wildman–Crippen MR) is 96.9 cm³/mol. The number of aryl methyl sites for hydroxylation is 1. The topological polar surface area (TPSA) is 30.0 Å². The standard InChI is InChI=1S/C17H11BrClNOS/c1-10-3-2-4-11-9-12(17(19)20-15(10)11)5-6-14(21)16-13(18)7-8-22-16/h2-9H,1H3/b6-5+. The minimum atomic E-state index is -0.0534. The van der Waals surface area contributed by atoms with Gasteiger partial charge in [0.25, 0.3) is 0 Å². The molecule has 0 saturated carbocycles. The molecule has 0 aliphatic rings. The Hall–Kier alpha value is -1.49. The van der Waals surface area contributed by atoms with Crippen LogP contribution in [0.1, 0.15) is 20.8 Å². The Balaban J connectivity index is 1.97. The van der Waals surface area contributed by atoms with E-state index in [4.69, 9.17) is 11.6 Å². The minimum Gasteiger partial charge on any atom is -0.288 e. The van der Waals surface area contributed by atoms with Crippen LogP contribution in [0.4, 0.5) is 0 Å². The van der Waals surface area contributed by atoms with Gasteiger partial charge in [-0.25, -0.2) is 4.98 Å². The number of pyridine rings is 1. The molecule has 0 unspecified atom stereocenters. The van der Waals surface area contributed by atoms with Crippen LogP contribution < -0.4 is 0 Å². The van der Waals surface area contributed by atoms with E-state index in [1.165, 1.54) is 17.4 Å². The van der Waals surface area contributed by atoms with Crippen molar-refractivity contribution >= 4 is 61.6 Å². The van der Waals surface area contributed by atoms with Gasteiger partial charge in [-0.05, 0) is 58.1 Å². The molecule has 1 aromatic carbocycles. The summed E-state index contributed by atoms with van der Waals surface area (Å²) in [6, 6.07) is 9.78. The summed E-state index contributed by atoms with van der Waals surface area (Å²) >= 11 is 11.0. The first kappa shape index (κ1) is 15.4. The van der Waals surface area contributed by atoms with Gasteiger partial charge in [0.2, 0.25) is 0 Å². The highest BCUT2D eigenvalue weighted by atomic mass is 79.9. The van der Waals surface area contributed by atoms with Crippen LogP contribution in [0.15, 0.2) is 46.3 Å². The summed E-state index contributed by atoms with van der Waals surface area (Å²) in [6.45, 7) is 2.00. The van der Waals surface area contributed by atoms with Gasteiger partial charge in [-0.1, -0.05) is 29.8 Å². The van der Waals surface area contributed by atoms with Gasteiger partial charge in [0.05, 0.1) is 10.4 Å². The second-order valence-electron chi connectivity index (χ2n) is 4.81. The molecule has 3 aromatic rings. The number of ketones is 1. The number of allylic oxidation sites excluding steroid dienone is 1. The van der Waals surface area contributed by atoms with E-state index in [2.05, 4.69) is 20.9 Å². The van der Waals surface area contributed by atoms with Crippen LogP contribution in [0.2, 0.25) is 5.15 Å². The third kappa shape index (κ3) is 3.00. The molecule has 2 nitrogen and oxygen atoms in total. The van der Waals surface area contributed by atoms with Gasteiger partial charge in [0, 0.05) is 15.4 Å². The van der Waals surface area contributed by atoms with Crippen molar-refractivity contribution in [1.29, 1.82) is 0 Å². The number of benzene rings is 1. The zero-order chi connectivity index (χ0) is 15.7. The quantitative estimate of drug-likeness (QED) is 0.315. The van der Waals surface area contributed by atoms with Crippen LogP contribution in [-0.2, 0) is 0 Å². The average Bonchev–Trinajstić information content (AvgIpc) is 2.92. The molecular formula is C17H11BrClNOS. The fourth-order valence-corrected chi connectivity index (χ4v) is 3.86. The highest BCUT2D eigenvalue weighted by Gasteiger charge is 2.09. The summed E-state index contributed by atoms with van der Waals surface area (Å²) in [4.78, 5) is 17.3. The van der Waals surface area contributed by atoms with Crippen molar-refractivity contribution in [3.8, 4) is 0 Å². The molecule has 0 amide bonds. The van der Waals surface area contributed by atoms with Crippen molar-refractivity contribution in [2.75, 3.05) is 0 Å². The molecule has 0 bridgehead atoms. The van der Waals surface area contributed by atoms with Crippen molar-refractivity contribution in [2.24, 2.45) is 0 Å². The molecule has 0 atom stereocenters. The maximum atomic E-state index is 12.2. The van der Waals surface area contributed by atoms with E-state index >= 15 is 0 Å². The van der Waals surface area contributed by atoms with Gasteiger partial charge in [-0.2, -0.15) is 0 Å². The number of aromatic nitrogens is 1. The van der Waals surface area contributed by atoms with Crippen LogP contribution in [-0.4, -0.2) is 10.8 Å². The molecule has 0 saturated heterocycles. The Labute approximate surface area is 145 Å². The van der Waals surface area contributed by atoms with E-state index in [9.17, 15) is 4.79 Å². The fraction of sp³-hybridized carbons (Fsp3) is 0.0588. The molecular weight excluding hydrogens is 382 g/mol. The first-order valence-corrected chi connectivity index (χ1v) is 8.62. The Kier molecular flexibility index (Phi) is 4.43. The Morgan fingerprint density at radius 2 is 2.18 bits per heavy atom. The molecule has 0 aliphatic carbocycles. The van der Waals surface area contributed by atoms with Gasteiger partial charge in [-0.15, -0.1) is 11.3 Å². The molecule has 0 spiro atoms.